The van der Waals surface area contributed by atoms with E-state index in [1.165, 1.54) is 30.4 Å². The van der Waals surface area contributed by atoms with Gasteiger partial charge in [0.05, 0.1) is 46.1 Å². The van der Waals surface area contributed by atoms with E-state index in [0.717, 1.165) is 35.0 Å². The van der Waals surface area contributed by atoms with Gasteiger partial charge in [-0.3, -0.25) is 9.21 Å². The van der Waals surface area contributed by atoms with Gasteiger partial charge in [0.2, 0.25) is 0 Å². The first-order valence-corrected chi connectivity index (χ1v) is 16.3. The zero-order valence-electron chi connectivity index (χ0n) is 24.1. The summed E-state index contributed by atoms with van der Waals surface area (Å²) in [6.07, 6.45) is -4.55. The summed E-state index contributed by atoms with van der Waals surface area (Å²) in [6.45, 7) is 1.29. The summed E-state index contributed by atoms with van der Waals surface area (Å²) in [6, 6.07) is 13.7. The molecule has 3 aromatic carbocycles. The van der Waals surface area contributed by atoms with Crippen molar-refractivity contribution in [1.29, 1.82) is 5.26 Å². The lowest BCUT2D eigenvalue weighted by atomic mass is 9.76. The summed E-state index contributed by atoms with van der Waals surface area (Å²) in [5, 5.41) is 9.80. The van der Waals surface area contributed by atoms with E-state index in [9.17, 15) is 40.0 Å². The van der Waals surface area contributed by atoms with Crippen molar-refractivity contribution < 1.29 is 34.8 Å². The number of fused-ring (bicyclic) bond motifs is 3. The van der Waals surface area contributed by atoms with Gasteiger partial charge < -0.3 is 4.90 Å². The number of piperazine rings is 1. The number of benzene rings is 3. The number of alkyl halides is 6. The number of halogens is 7. The third-order valence-electron chi connectivity index (χ3n) is 8.98. The molecule has 6 rings (SSSR count). The van der Waals surface area contributed by atoms with Gasteiger partial charge in [0.25, 0.3) is 10.0 Å². The molecule has 0 N–H and O–H groups in total. The molecule has 14 heteroatoms. The Morgan fingerprint density at radius 2 is 1.63 bits per heavy atom. The van der Waals surface area contributed by atoms with Gasteiger partial charge in [0.15, 0.2) is 0 Å². The Kier molecular flexibility index (Phi) is 8.06. The van der Waals surface area contributed by atoms with Crippen molar-refractivity contribution in [3.05, 3.63) is 87.9 Å². The Morgan fingerprint density at radius 1 is 0.891 bits per heavy atom. The highest BCUT2D eigenvalue weighted by molar-refractivity contribution is 7.92. The number of hydrogen-bond donors (Lipinski definition) is 0. The van der Waals surface area contributed by atoms with Gasteiger partial charge in [-0.25, -0.2) is 8.42 Å². The highest BCUT2D eigenvalue weighted by Gasteiger charge is 2.48. The topological polar surface area (TPSA) is 67.7 Å². The molecule has 1 saturated carbocycles. The monoisotopic (exact) mass is 680 g/mol. The number of sulfonamides is 1. The second kappa shape index (κ2) is 11.5. The molecule has 2 heterocycles. The van der Waals surface area contributed by atoms with Gasteiger partial charge in [-0.2, -0.15) is 31.6 Å². The van der Waals surface area contributed by atoms with E-state index in [1.807, 2.05) is 4.90 Å². The van der Waals surface area contributed by atoms with Crippen LogP contribution in [0.25, 0.3) is 12.2 Å². The second-order valence-electron chi connectivity index (χ2n) is 11.6. The standard InChI is InChI=1S/C32H27ClF6N4O2S/c33-27-7-2-6-26(32(37,38)39)25(27)10-8-21-9-11-28-29(16-21)43(46(44,45)24-5-1-4-22(17-24)31(34,35)36)19-23-18-41(14-15-42(23)28)30(20-40)12-3-13-30/h1-2,4-11,16-17,23H,3,12-15,18-19H2/b10-8+/t23-/m0/s1. The molecule has 3 aromatic rings. The first-order chi connectivity index (χ1) is 21.6. The predicted molar refractivity (Wildman–Crippen MR) is 163 cm³/mol. The fourth-order valence-corrected chi connectivity index (χ4v) is 8.22. The van der Waals surface area contributed by atoms with Crippen molar-refractivity contribution in [3.63, 3.8) is 0 Å². The molecule has 2 aliphatic heterocycles. The molecule has 3 aliphatic rings. The normalized spacial score (nSPS) is 20.2. The Labute approximate surface area is 267 Å². The lowest BCUT2D eigenvalue weighted by molar-refractivity contribution is -0.138. The number of hydrogen-bond acceptors (Lipinski definition) is 5. The minimum Gasteiger partial charge on any atom is -0.362 e. The molecule has 46 heavy (non-hydrogen) atoms. The fourth-order valence-electron chi connectivity index (χ4n) is 6.43. The van der Waals surface area contributed by atoms with E-state index >= 15 is 0 Å². The molecule has 1 aliphatic carbocycles. The van der Waals surface area contributed by atoms with Gasteiger partial charge in [-0.15, -0.1) is 0 Å². The average molecular weight is 681 g/mol. The molecule has 0 amide bonds. The molecule has 0 radical (unpaired) electrons. The Balaban J connectivity index is 1.43. The molecule has 2 fully saturated rings. The van der Waals surface area contributed by atoms with Crippen LogP contribution in [-0.4, -0.2) is 51.1 Å². The third kappa shape index (κ3) is 5.71. The van der Waals surface area contributed by atoms with Crippen molar-refractivity contribution >= 4 is 45.2 Å². The van der Waals surface area contributed by atoms with Crippen molar-refractivity contribution in [1.82, 2.24) is 4.90 Å². The van der Waals surface area contributed by atoms with E-state index in [0.29, 0.717) is 49.8 Å². The Bertz CT molecular complexity index is 1850. The van der Waals surface area contributed by atoms with Gasteiger partial charge in [0.1, 0.15) is 5.54 Å². The van der Waals surface area contributed by atoms with Crippen molar-refractivity contribution in [2.45, 2.75) is 48.1 Å². The van der Waals surface area contributed by atoms with E-state index in [-0.39, 0.29) is 22.8 Å². The average Bonchev–Trinajstić information content (AvgIpc) is 2.98. The molecule has 0 unspecified atom stereocenters. The third-order valence-corrected chi connectivity index (χ3v) is 11.1. The zero-order chi connectivity index (χ0) is 33.1. The summed E-state index contributed by atoms with van der Waals surface area (Å²) in [5.41, 5.74) is -1.90. The smallest absolute Gasteiger partial charge is 0.362 e. The zero-order valence-corrected chi connectivity index (χ0v) is 25.7. The van der Waals surface area contributed by atoms with Crippen LogP contribution in [-0.2, 0) is 22.4 Å². The maximum Gasteiger partial charge on any atom is 0.417 e. The summed E-state index contributed by atoms with van der Waals surface area (Å²) in [4.78, 5) is 3.54. The van der Waals surface area contributed by atoms with Crippen LogP contribution in [0.2, 0.25) is 5.02 Å². The van der Waals surface area contributed by atoms with Gasteiger partial charge in [-0.1, -0.05) is 42.0 Å². The molecule has 0 bridgehead atoms. The van der Waals surface area contributed by atoms with Crippen molar-refractivity contribution in [3.8, 4) is 6.07 Å². The molecule has 0 spiro atoms. The van der Waals surface area contributed by atoms with Crippen LogP contribution in [0.15, 0.2) is 65.6 Å². The van der Waals surface area contributed by atoms with Gasteiger partial charge in [0, 0.05) is 30.2 Å². The van der Waals surface area contributed by atoms with E-state index in [2.05, 4.69) is 11.0 Å². The summed E-state index contributed by atoms with van der Waals surface area (Å²) < 4.78 is 111. The molecule has 0 aromatic heterocycles. The highest BCUT2D eigenvalue weighted by Crippen LogP contribution is 2.44. The molecule has 6 nitrogen and oxygen atoms in total. The van der Waals surface area contributed by atoms with Gasteiger partial charge >= 0.3 is 12.4 Å². The lowest BCUT2D eigenvalue weighted by Gasteiger charge is -2.54. The number of nitriles is 1. The number of anilines is 2. The van der Waals surface area contributed by atoms with Crippen LogP contribution in [0, 0.1) is 11.3 Å². The quantitative estimate of drug-likeness (QED) is 0.204. The van der Waals surface area contributed by atoms with Crippen molar-refractivity contribution in [2.75, 3.05) is 35.4 Å². The molecular formula is C32H27ClF6N4O2S. The molecule has 242 valence electrons. The summed E-state index contributed by atoms with van der Waals surface area (Å²) >= 11 is 6.11. The van der Waals surface area contributed by atoms with E-state index in [1.54, 1.807) is 12.1 Å². The van der Waals surface area contributed by atoms with Crippen LogP contribution >= 0.6 is 11.6 Å². The predicted octanol–water partition coefficient (Wildman–Crippen LogP) is 7.69. The fraction of sp³-hybridized carbons (Fsp3) is 0.344. The minimum atomic E-state index is -4.77. The first-order valence-electron chi connectivity index (χ1n) is 14.4. The summed E-state index contributed by atoms with van der Waals surface area (Å²) in [7, 11) is -4.55. The van der Waals surface area contributed by atoms with Crippen molar-refractivity contribution in [2.24, 2.45) is 0 Å². The molecular weight excluding hydrogens is 654 g/mol. The SMILES string of the molecule is N#CC1(N2CCN3c4ccc(/C=C/c5c(Cl)cccc5C(F)(F)F)cc4N(S(=O)(=O)c4cccc(C(F)(F)F)c4)C[C@@H]3C2)CCC1. The highest BCUT2D eigenvalue weighted by atomic mass is 35.5. The van der Waals surface area contributed by atoms with Crippen LogP contribution in [0.5, 0.6) is 0 Å². The van der Waals surface area contributed by atoms with Crippen LogP contribution in [0.4, 0.5) is 37.7 Å². The van der Waals surface area contributed by atoms with Crippen LogP contribution in [0.3, 0.4) is 0 Å². The minimum absolute atomic E-state index is 0.112. The summed E-state index contributed by atoms with van der Waals surface area (Å²) in [5.74, 6) is 0. The van der Waals surface area contributed by atoms with Crippen LogP contribution in [0.1, 0.15) is 41.5 Å². The van der Waals surface area contributed by atoms with Crippen LogP contribution < -0.4 is 9.21 Å². The molecule has 1 saturated heterocycles. The van der Waals surface area contributed by atoms with Gasteiger partial charge in [-0.05, 0) is 67.3 Å². The lowest BCUT2D eigenvalue weighted by Crippen LogP contribution is -2.66. The maximum absolute atomic E-state index is 14.1. The Hall–Kier alpha value is -3.73. The Morgan fingerprint density at radius 3 is 2.28 bits per heavy atom. The van der Waals surface area contributed by atoms with E-state index in [4.69, 9.17) is 11.6 Å². The largest absolute Gasteiger partial charge is 0.417 e. The second-order valence-corrected chi connectivity index (χ2v) is 13.9. The molecule has 1 atom stereocenters. The maximum atomic E-state index is 14.1. The number of nitrogens with zero attached hydrogens (tertiary/aromatic N) is 4. The first kappa shape index (κ1) is 32.2. The van der Waals surface area contributed by atoms with E-state index < -0.39 is 50.0 Å². The number of rotatable bonds is 5.